The summed E-state index contributed by atoms with van der Waals surface area (Å²) in [5.74, 6) is 1.56. The number of aromatic nitrogens is 1. The molecular formula is C24H27NO6. The number of fused-ring (bicyclic) bond motifs is 1. The van der Waals surface area contributed by atoms with E-state index in [9.17, 15) is 4.79 Å². The van der Waals surface area contributed by atoms with E-state index in [2.05, 4.69) is 11.6 Å². The fourth-order valence-electron chi connectivity index (χ4n) is 3.74. The highest BCUT2D eigenvalue weighted by atomic mass is 16.5. The Balaban J connectivity index is 2.22. The molecule has 0 aliphatic heterocycles. The number of esters is 1. The summed E-state index contributed by atoms with van der Waals surface area (Å²) >= 11 is 0. The summed E-state index contributed by atoms with van der Waals surface area (Å²) in [6.45, 7) is 8.28. The second-order valence-electron chi connectivity index (χ2n) is 6.80. The quantitative estimate of drug-likeness (QED) is 0.525. The average molecular weight is 425 g/mol. The van der Waals surface area contributed by atoms with Gasteiger partial charge in [0.2, 0.25) is 5.75 Å². The Kier molecular flexibility index (Phi) is 6.44. The van der Waals surface area contributed by atoms with Crippen molar-refractivity contribution in [2.75, 3.05) is 35.0 Å². The maximum Gasteiger partial charge on any atom is 0.344 e. The zero-order valence-corrected chi connectivity index (χ0v) is 18.7. The summed E-state index contributed by atoms with van der Waals surface area (Å²) in [5.41, 5.74) is 4.26. The van der Waals surface area contributed by atoms with Gasteiger partial charge in [0, 0.05) is 16.6 Å². The smallest absolute Gasteiger partial charge is 0.344 e. The van der Waals surface area contributed by atoms with Crippen molar-refractivity contribution in [1.82, 2.24) is 4.98 Å². The third-order valence-electron chi connectivity index (χ3n) is 5.14. The van der Waals surface area contributed by atoms with Gasteiger partial charge in [0.05, 0.1) is 40.6 Å². The van der Waals surface area contributed by atoms with Crippen molar-refractivity contribution in [1.29, 1.82) is 0 Å². The number of nitrogens with one attached hydrogen (secondary N) is 1. The Morgan fingerprint density at radius 1 is 0.935 bits per heavy atom. The lowest BCUT2D eigenvalue weighted by molar-refractivity contribution is 0.0525. The number of aromatic amines is 1. The first-order chi connectivity index (χ1) is 14.9. The first-order valence-electron chi connectivity index (χ1n) is 9.77. The molecule has 0 unspecified atom stereocenters. The first-order valence-corrected chi connectivity index (χ1v) is 9.77. The molecule has 1 aromatic heterocycles. The predicted octanol–water partition coefficient (Wildman–Crippen LogP) is 4.75. The van der Waals surface area contributed by atoms with Gasteiger partial charge in [-0.1, -0.05) is 6.58 Å². The summed E-state index contributed by atoms with van der Waals surface area (Å²) in [4.78, 5) is 16.0. The molecule has 0 fully saturated rings. The van der Waals surface area contributed by atoms with Gasteiger partial charge in [0.15, 0.2) is 11.5 Å². The number of hydrogen-bond donors (Lipinski definition) is 1. The van der Waals surface area contributed by atoms with E-state index in [-0.39, 0.29) is 6.61 Å². The molecule has 3 aromatic rings. The van der Waals surface area contributed by atoms with E-state index in [1.165, 1.54) is 7.11 Å². The average Bonchev–Trinajstić information content (AvgIpc) is 3.12. The van der Waals surface area contributed by atoms with Crippen LogP contribution in [0.15, 0.2) is 30.8 Å². The molecule has 0 aliphatic carbocycles. The van der Waals surface area contributed by atoms with Crippen molar-refractivity contribution >= 4 is 22.4 Å². The van der Waals surface area contributed by atoms with E-state index in [1.54, 1.807) is 34.3 Å². The Hall–Kier alpha value is -3.61. The van der Waals surface area contributed by atoms with Crippen LogP contribution in [0.4, 0.5) is 0 Å². The van der Waals surface area contributed by atoms with Gasteiger partial charge in [-0.15, -0.1) is 0 Å². The van der Waals surface area contributed by atoms with Crippen LogP contribution in [0.5, 0.6) is 23.0 Å². The van der Waals surface area contributed by atoms with Crippen LogP contribution < -0.4 is 18.9 Å². The van der Waals surface area contributed by atoms with Crippen LogP contribution in [-0.4, -0.2) is 46.0 Å². The summed E-state index contributed by atoms with van der Waals surface area (Å²) in [7, 11) is 6.22. The Bertz CT molecular complexity index is 1120. The first kappa shape index (κ1) is 22.1. The third-order valence-corrected chi connectivity index (χ3v) is 5.14. The molecule has 0 spiro atoms. The molecule has 0 bridgehead atoms. The fourth-order valence-corrected chi connectivity index (χ4v) is 3.74. The molecule has 0 saturated carbocycles. The number of rotatable bonds is 8. The summed E-state index contributed by atoms with van der Waals surface area (Å²) in [6.07, 6.45) is 0. The van der Waals surface area contributed by atoms with Gasteiger partial charge >= 0.3 is 5.97 Å². The molecule has 2 aromatic carbocycles. The Morgan fingerprint density at radius 3 is 2.06 bits per heavy atom. The molecular weight excluding hydrogens is 398 g/mol. The van der Waals surface area contributed by atoms with Gasteiger partial charge in [-0.05, 0) is 49.2 Å². The topological polar surface area (TPSA) is 79.0 Å². The lowest BCUT2D eigenvalue weighted by Crippen LogP contribution is -2.07. The number of carbonyl (C=O) groups is 1. The minimum Gasteiger partial charge on any atom is -0.496 e. The van der Waals surface area contributed by atoms with E-state index >= 15 is 0 Å². The highest BCUT2D eigenvalue weighted by Gasteiger charge is 2.24. The van der Waals surface area contributed by atoms with Gasteiger partial charge in [0.1, 0.15) is 11.3 Å². The minimum absolute atomic E-state index is 0.267. The van der Waals surface area contributed by atoms with Gasteiger partial charge in [-0.3, -0.25) is 0 Å². The van der Waals surface area contributed by atoms with Crippen LogP contribution in [0.2, 0.25) is 0 Å². The zero-order chi connectivity index (χ0) is 22.7. The van der Waals surface area contributed by atoms with Crippen LogP contribution in [0, 0.1) is 6.92 Å². The zero-order valence-electron chi connectivity index (χ0n) is 18.7. The van der Waals surface area contributed by atoms with Gasteiger partial charge in [-0.25, -0.2) is 4.79 Å². The van der Waals surface area contributed by atoms with Gasteiger partial charge in [0.25, 0.3) is 0 Å². The van der Waals surface area contributed by atoms with Crippen molar-refractivity contribution in [3.05, 3.63) is 53.2 Å². The van der Waals surface area contributed by atoms with Crippen LogP contribution in [-0.2, 0) is 4.74 Å². The number of hydrogen-bond acceptors (Lipinski definition) is 6. The van der Waals surface area contributed by atoms with Crippen molar-refractivity contribution in [3.63, 3.8) is 0 Å². The van der Waals surface area contributed by atoms with Gasteiger partial charge < -0.3 is 28.7 Å². The fraction of sp³-hybridized carbons (Fsp3) is 0.292. The molecule has 1 N–H and O–H groups in total. The SMILES string of the molecule is C=C(c1cc(OC)c(OC)c(OC)c1)c1c(C)[nH]c2c(C(=O)OCC)c(OC)ccc12. The highest BCUT2D eigenvalue weighted by molar-refractivity contribution is 6.09. The van der Waals surface area contributed by atoms with E-state index in [4.69, 9.17) is 23.7 Å². The second kappa shape index (κ2) is 9.04. The summed E-state index contributed by atoms with van der Waals surface area (Å²) in [5, 5.41) is 0.833. The van der Waals surface area contributed by atoms with Crippen LogP contribution in [0.3, 0.4) is 0 Å². The molecule has 7 nitrogen and oxygen atoms in total. The Morgan fingerprint density at radius 2 is 1.55 bits per heavy atom. The molecule has 1 heterocycles. The van der Waals surface area contributed by atoms with Crippen LogP contribution >= 0.6 is 0 Å². The molecule has 0 saturated heterocycles. The molecule has 164 valence electrons. The molecule has 0 radical (unpaired) electrons. The van der Waals surface area contributed by atoms with Crippen LogP contribution in [0.1, 0.15) is 34.1 Å². The molecule has 0 atom stereocenters. The van der Waals surface area contributed by atoms with Gasteiger partial charge in [-0.2, -0.15) is 0 Å². The molecule has 3 rings (SSSR count). The maximum atomic E-state index is 12.6. The summed E-state index contributed by atoms with van der Waals surface area (Å²) in [6, 6.07) is 7.35. The Labute approximate surface area is 181 Å². The second-order valence-corrected chi connectivity index (χ2v) is 6.80. The van der Waals surface area contributed by atoms with Crippen molar-refractivity contribution in [3.8, 4) is 23.0 Å². The van der Waals surface area contributed by atoms with E-state index in [1.807, 2.05) is 25.1 Å². The minimum atomic E-state index is -0.448. The maximum absolute atomic E-state index is 12.6. The number of benzene rings is 2. The molecule has 31 heavy (non-hydrogen) atoms. The monoisotopic (exact) mass is 425 g/mol. The van der Waals surface area contributed by atoms with E-state index < -0.39 is 5.97 Å². The third kappa shape index (κ3) is 3.79. The van der Waals surface area contributed by atoms with Crippen molar-refractivity contribution < 1.29 is 28.5 Å². The largest absolute Gasteiger partial charge is 0.496 e. The lowest BCUT2D eigenvalue weighted by atomic mass is 9.95. The number of carbonyl (C=O) groups excluding carboxylic acids is 1. The van der Waals surface area contributed by atoms with Crippen LogP contribution in [0.25, 0.3) is 16.5 Å². The number of ether oxygens (including phenoxy) is 5. The number of methoxy groups -OCH3 is 4. The van der Waals surface area contributed by atoms with E-state index in [0.29, 0.717) is 34.1 Å². The van der Waals surface area contributed by atoms with Crippen molar-refractivity contribution in [2.45, 2.75) is 13.8 Å². The standard InChI is InChI=1S/C24H27NO6/c1-8-31-24(26)21-17(27-4)10-9-16-20(14(3)25-22(16)21)13(2)15-11-18(28-5)23(30-7)19(12-15)29-6/h9-12,25H,2,8H2,1,3-7H3. The molecule has 7 heteroatoms. The normalized spacial score (nSPS) is 10.6. The highest BCUT2D eigenvalue weighted by Crippen LogP contribution is 2.43. The summed E-state index contributed by atoms with van der Waals surface area (Å²) < 4.78 is 27.0. The lowest BCUT2D eigenvalue weighted by Gasteiger charge is -2.15. The molecule has 0 aliphatic rings. The number of aryl methyl sites for hydroxylation is 1. The van der Waals surface area contributed by atoms with E-state index in [0.717, 1.165) is 27.8 Å². The number of H-pyrrole nitrogens is 1. The predicted molar refractivity (Wildman–Crippen MR) is 120 cm³/mol. The molecule has 0 amide bonds. The van der Waals surface area contributed by atoms with Crippen molar-refractivity contribution in [2.24, 2.45) is 0 Å².